The van der Waals surface area contributed by atoms with Gasteiger partial charge in [0.25, 0.3) is 0 Å². The molecule has 0 bridgehead atoms. The highest BCUT2D eigenvalue weighted by molar-refractivity contribution is 6.07. The van der Waals surface area contributed by atoms with Crippen molar-refractivity contribution >= 4 is 11.8 Å². The number of urea groups is 1. The predicted molar refractivity (Wildman–Crippen MR) is 101 cm³/mol. The predicted octanol–water partition coefficient (Wildman–Crippen LogP) is 1.93. The third-order valence-corrected chi connectivity index (χ3v) is 4.80. The highest BCUT2D eigenvalue weighted by atomic mass is 19.1. The van der Waals surface area contributed by atoms with Crippen molar-refractivity contribution in [2.24, 2.45) is 5.73 Å². The molecule has 1 unspecified atom stereocenters. The molecule has 0 saturated carbocycles. The molecule has 3 atom stereocenters. The Hall–Kier alpha value is -2.55. The lowest BCUT2D eigenvalue weighted by atomic mass is 9.85. The van der Waals surface area contributed by atoms with Crippen LogP contribution in [0.15, 0.2) is 48.4 Å². The maximum Gasteiger partial charge on any atom is 0.326 e. The largest absolute Gasteiger partial charge is 0.393 e. The molecule has 0 aliphatic carbocycles. The molecule has 0 fully saturated rings. The van der Waals surface area contributed by atoms with Crippen LogP contribution in [0, 0.1) is 0 Å². The first-order valence-electron chi connectivity index (χ1n) is 8.93. The lowest BCUT2D eigenvalue weighted by Gasteiger charge is -2.37. The zero-order valence-corrected chi connectivity index (χ0v) is 16.0. The molecule has 0 spiro atoms. The summed E-state index contributed by atoms with van der Waals surface area (Å²) in [6.45, 7) is 5.84. The summed E-state index contributed by atoms with van der Waals surface area (Å²) in [7, 11) is 0. The van der Waals surface area contributed by atoms with Crippen LogP contribution >= 0.6 is 0 Å². The summed E-state index contributed by atoms with van der Waals surface area (Å²) in [5.41, 5.74) is 4.75. The van der Waals surface area contributed by atoms with Gasteiger partial charge in [-0.15, -0.1) is 0 Å². The van der Waals surface area contributed by atoms with Crippen molar-refractivity contribution < 1.29 is 23.8 Å². The van der Waals surface area contributed by atoms with Crippen molar-refractivity contribution in [3.63, 3.8) is 0 Å². The Bertz CT molecular complexity index is 844. The van der Waals surface area contributed by atoms with Gasteiger partial charge in [0.05, 0.1) is 6.61 Å². The van der Waals surface area contributed by atoms with Crippen LogP contribution in [0.5, 0.6) is 0 Å². The molecule has 8 heteroatoms. The molecule has 28 heavy (non-hydrogen) atoms. The molecule has 4 N–H and O–H groups in total. The first kappa shape index (κ1) is 20.2. The summed E-state index contributed by atoms with van der Waals surface area (Å²) in [5, 5.41) is 11.3. The van der Waals surface area contributed by atoms with Crippen molar-refractivity contribution in [2.75, 3.05) is 6.61 Å². The Balaban J connectivity index is 1.84. The van der Waals surface area contributed by atoms with Gasteiger partial charge in [0.1, 0.15) is 6.10 Å². The van der Waals surface area contributed by atoms with Crippen molar-refractivity contribution in [2.45, 2.75) is 44.2 Å². The van der Waals surface area contributed by atoms with Gasteiger partial charge in [0, 0.05) is 11.8 Å². The van der Waals surface area contributed by atoms with E-state index in [1.165, 1.54) is 6.08 Å². The maximum absolute atomic E-state index is 14.8. The number of aliphatic hydroxyl groups is 1. The molecule has 2 heterocycles. The van der Waals surface area contributed by atoms with Crippen molar-refractivity contribution in [3.05, 3.63) is 59.6 Å². The first-order chi connectivity index (χ1) is 13.1. The van der Waals surface area contributed by atoms with Crippen LogP contribution in [0.4, 0.5) is 9.18 Å². The van der Waals surface area contributed by atoms with E-state index in [-0.39, 0.29) is 17.6 Å². The van der Waals surface area contributed by atoms with Crippen molar-refractivity contribution in [3.8, 4) is 0 Å². The number of nitrogens with two attached hydrogens (primary N) is 1. The molecule has 7 nitrogen and oxygen atoms in total. The van der Waals surface area contributed by atoms with E-state index in [1.54, 1.807) is 30.3 Å². The number of nitrogens with zero attached hydrogens (tertiary/aromatic N) is 1. The minimum absolute atomic E-state index is 0.103. The maximum atomic E-state index is 14.8. The van der Waals surface area contributed by atoms with Gasteiger partial charge in [-0.05, 0) is 17.1 Å². The number of ketones is 1. The molecule has 2 aliphatic rings. The summed E-state index contributed by atoms with van der Waals surface area (Å²) < 4.78 is 20.2. The average molecular weight is 389 g/mol. The fraction of sp³-hybridized carbons (Fsp3) is 0.400. The van der Waals surface area contributed by atoms with Crippen LogP contribution in [0.25, 0.3) is 0 Å². The number of halogens is 1. The first-order valence-corrected chi connectivity index (χ1v) is 8.93. The van der Waals surface area contributed by atoms with Gasteiger partial charge in [-0.1, -0.05) is 51.1 Å². The average Bonchev–Trinajstić information content (AvgIpc) is 3.12. The quantitative estimate of drug-likeness (QED) is 0.539. The van der Waals surface area contributed by atoms with E-state index in [0.717, 1.165) is 16.7 Å². The summed E-state index contributed by atoms with van der Waals surface area (Å²) >= 11 is 0. The highest BCUT2D eigenvalue weighted by Crippen LogP contribution is 2.28. The van der Waals surface area contributed by atoms with E-state index in [1.807, 2.05) is 20.8 Å². The molecule has 0 saturated heterocycles. The molecule has 0 radical (unpaired) electrons. The van der Waals surface area contributed by atoms with Gasteiger partial charge in [-0.2, -0.15) is 0 Å². The number of Topliss-reactive ketones (excluding diaryl/α,β-unsaturated/α-hetero) is 1. The molecule has 2 amide bonds. The Morgan fingerprint density at radius 3 is 2.50 bits per heavy atom. The van der Waals surface area contributed by atoms with Crippen LogP contribution in [-0.4, -0.2) is 46.4 Å². The zero-order valence-electron chi connectivity index (χ0n) is 16.0. The van der Waals surface area contributed by atoms with Gasteiger partial charge in [-0.25, -0.2) is 9.18 Å². The van der Waals surface area contributed by atoms with E-state index in [4.69, 9.17) is 15.6 Å². The van der Waals surface area contributed by atoms with E-state index < -0.39 is 35.6 Å². The second-order valence-electron chi connectivity index (χ2n) is 7.91. The van der Waals surface area contributed by atoms with Gasteiger partial charge < -0.3 is 15.2 Å². The summed E-state index contributed by atoms with van der Waals surface area (Å²) in [4.78, 5) is 26.2. The Kier molecular flexibility index (Phi) is 5.14. The molecule has 2 aliphatic heterocycles. The third-order valence-electron chi connectivity index (χ3n) is 4.80. The van der Waals surface area contributed by atoms with Crippen molar-refractivity contribution in [1.29, 1.82) is 0 Å². The number of rotatable bonds is 4. The topological polar surface area (TPSA) is 105 Å². The third kappa shape index (κ3) is 3.58. The number of hydrogen-bond acceptors (Lipinski definition) is 5. The minimum Gasteiger partial charge on any atom is -0.393 e. The highest BCUT2D eigenvalue weighted by Gasteiger charge is 2.47. The van der Waals surface area contributed by atoms with Crippen molar-refractivity contribution in [1.82, 2.24) is 10.2 Å². The molecule has 3 rings (SSSR count). The van der Waals surface area contributed by atoms with E-state index in [0.29, 0.717) is 0 Å². The number of nitrogens with one attached hydrogen (secondary N) is 1. The van der Waals surface area contributed by atoms with Gasteiger partial charge >= 0.3 is 6.03 Å². The normalized spacial score (nSPS) is 27.6. The Labute approximate surface area is 162 Å². The van der Waals surface area contributed by atoms with Crippen LogP contribution in [-0.2, 0) is 10.2 Å². The number of hydrogen-bond donors (Lipinski definition) is 3. The van der Waals surface area contributed by atoms with Gasteiger partial charge in [0.15, 0.2) is 12.1 Å². The second kappa shape index (κ2) is 7.12. The SMILES string of the molecule is CC(C)(C)c1ccc(C(=O)C2(N)NC(=O)N([C@H]3C=C[C@@H](CO)O3)C=C2F)cc1. The number of amides is 2. The molecule has 1 aromatic carbocycles. The van der Waals surface area contributed by atoms with Crippen LogP contribution in [0.1, 0.15) is 36.7 Å². The lowest BCUT2D eigenvalue weighted by Crippen LogP contribution is -2.67. The standard InChI is InChI=1S/C20H24FN3O4/c1-19(2,3)13-6-4-12(5-7-13)17(26)20(22)15(21)10-24(18(27)23-20)16-9-8-14(11-25)28-16/h4-10,14,16,25H,11,22H2,1-3H3,(H,23,27)/t14-,16+,20?/m0/s1. The second-order valence-corrected chi connectivity index (χ2v) is 7.91. The van der Waals surface area contributed by atoms with Gasteiger partial charge in [-0.3, -0.25) is 15.4 Å². The molecule has 150 valence electrons. The number of ether oxygens (including phenoxy) is 1. The number of carbonyl (C=O) groups is 2. The number of carbonyl (C=O) groups excluding carboxylic acids is 2. The van der Waals surface area contributed by atoms with Gasteiger partial charge in [0.2, 0.25) is 11.4 Å². The summed E-state index contributed by atoms with van der Waals surface area (Å²) in [5.74, 6) is -1.77. The van der Waals surface area contributed by atoms with E-state index >= 15 is 0 Å². The Morgan fingerprint density at radius 2 is 1.96 bits per heavy atom. The van der Waals surface area contributed by atoms with E-state index in [2.05, 4.69) is 5.32 Å². The summed E-state index contributed by atoms with van der Waals surface area (Å²) in [6.07, 6.45) is 2.46. The smallest absolute Gasteiger partial charge is 0.326 e. The zero-order chi connectivity index (χ0) is 20.7. The number of benzene rings is 1. The number of aliphatic hydroxyl groups excluding tert-OH is 1. The molecular weight excluding hydrogens is 365 g/mol. The summed E-state index contributed by atoms with van der Waals surface area (Å²) in [6, 6.07) is 5.91. The Morgan fingerprint density at radius 1 is 1.32 bits per heavy atom. The van der Waals surface area contributed by atoms with Crippen LogP contribution in [0.3, 0.4) is 0 Å². The fourth-order valence-corrected chi connectivity index (χ4v) is 3.03. The monoisotopic (exact) mass is 389 g/mol. The molecule has 0 aromatic heterocycles. The van der Waals surface area contributed by atoms with Crippen LogP contribution < -0.4 is 11.1 Å². The van der Waals surface area contributed by atoms with E-state index in [9.17, 15) is 14.0 Å². The molecule has 1 aromatic rings. The minimum atomic E-state index is -2.30. The van der Waals surface area contributed by atoms with Crippen LogP contribution in [0.2, 0.25) is 0 Å². The lowest BCUT2D eigenvalue weighted by molar-refractivity contribution is -0.0262. The molecular formula is C20H24FN3O4. The fourth-order valence-electron chi connectivity index (χ4n) is 3.03.